The maximum Gasteiger partial charge on any atom is 0.325 e. The highest BCUT2D eigenvalue weighted by Crippen LogP contribution is 2.38. The van der Waals surface area contributed by atoms with E-state index in [1.54, 1.807) is 21.0 Å². The van der Waals surface area contributed by atoms with Crippen LogP contribution in [0.3, 0.4) is 0 Å². The van der Waals surface area contributed by atoms with Crippen LogP contribution in [0.2, 0.25) is 0 Å². The van der Waals surface area contributed by atoms with E-state index < -0.39 is 5.54 Å². The number of methoxy groups -OCH3 is 1. The molecule has 106 valence electrons. The third-order valence-electron chi connectivity index (χ3n) is 4.12. The predicted octanol–water partition coefficient (Wildman–Crippen LogP) is 1.63. The molecule has 5 nitrogen and oxygen atoms in total. The summed E-state index contributed by atoms with van der Waals surface area (Å²) in [5, 5.41) is 2.72. The van der Waals surface area contributed by atoms with E-state index in [0.717, 1.165) is 11.1 Å². The van der Waals surface area contributed by atoms with Crippen LogP contribution in [0.4, 0.5) is 4.79 Å². The molecule has 0 spiro atoms. The first-order valence-corrected chi connectivity index (χ1v) is 6.72. The van der Waals surface area contributed by atoms with Crippen molar-refractivity contribution in [2.24, 2.45) is 0 Å². The summed E-state index contributed by atoms with van der Waals surface area (Å²) in [4.78, 5) is 25.9. The number of imide groups is 1. The van der Waals surface area contributed by atoms with Crippen LogP contribution in [0.25, 0.3) is 0 Å². The number of urea groups is 1. The van der Waals surface area contributed by atoms with E-state index in [2.05, 4.69) is 5.32 Å². The normalized spacial score (nSPS) is 27.6. The van der Waals surface area contributed by atoms with Crippen LogP contribution < -0.4 is 5.32 Å². The summed E-state index contributed by atoms with van der Waals surface area (Å²) in [5.74, 6) is -0.192. The number of rotatable bonds is 2. The molecule has 2 atom stereocenters. The number of fused-ring (bicyclic) bond motifs is 1. The number of carbonyl (C=O) groups excluding carboxylic acids is 2. The topological polar surface area (TPSA) is 58.6 Å². The van der Waals surface area contributed by atoms with Gasteiger partial charge in [0.15, 0.2) is 0 Å². The molecule has 3 amide bonds. The summed E-state index contributed by atoms with van der Waals surface area (Å²) in [7, 11) is 1.61. The van der Waals surface area contributed by atoms with Crippen molar-refractivity contribution in [2.75, 3.05) is 7.11 Å². The van der Waals surface area contributed by atoms with Gasteiger partial charge in [0.2, 0.25) is 0 Å². The van der Waals surface area contributed by atoms with Crippen molar-refractivity contribution in [1.82, 2.24) is 10.2 Å². The molecule has 5 heteroatoms. The average molecular weight is 274 g/mol. The summed E-state index contributed by atoms with van der Waals surface area (Å²) in [5.41, 5.74) is 1.35. The quantitative estimate of drug-likeness (QED) is 0.834. The van der Waals surface area contributed by atoms with Crippen LogP contribution >= 0.6 is 0 Å². The van der Waals surface area contributed by atoms with E-state index in [0.29, 0.717) is 6.42 Å². The number of amides is 3. The molecule has 0 aromatic heterocycles. The second kappa shape index (κ2) is 4.31. The number of nitrogens with zero attached hydrogens (tertiary/aromatic N) is 1. The predicted molar refractivity (Wildman–Crippen MR) is 73.1 cm³/mol. The highest BCUT2D eigenvalue weighted by atomic mass is 16.5. The smallest absolute Gasteiger partial charge is 0.325 e. The summed E-state index contributed by atoms with van der Waals surface area (Å²) >= 11 is 0. The third-order valence-corrected chi connectivity index (χ3v) is 4.12. The minimum atomic E-state index is -0.843. The number of hydrogen-bond acceptors (Lipinski definition) is 3. The van der Waals surface area contributed by atoms with Crippen molar-refractivity contribution in [3.05, 3.63) is 35.4 Å². The standard InChI is InChI=1S/C15H18N2O3/c1-15(2)13(18)17(14(19)16-15)11-8-9-6-4-5-7-10(9)12(11)20-3/h4-7,11-12H,8H2,1-3H3,(H,16,19)/t11-,12+/m1/s1. The first-order chi connectivity index (χ1) is 9.45. The Morgan fingerprint density at radius 1 is 1.30 bits per heavy atom. The van der Waals surface area contributed by atoms with Crippen LogP contribution in [0, 0.1) is 0 Å². The molecule has 1 heterocycles. The Balaban J connectivity index is 1.97. The van der Waals surface area contributed by atoms with Crippen LogP contribution in [0.15, 0.2) is 24.3 Å². The fourth-order valence-corrected chi connectivity index (χ4v) is 3.12. The van der Waals surface area contributed by atoms with Crippen LogP contribution in [0.1, 0.15) is 31.1 Å². The number of nitrogens with one attached hydrogen (secondary N) is 1. The van der Waals surface area contributed by atoms with Crippen molar-refractivity contribution in [3.63, 3.8) is 0 Å². The van der Waals surface area contributed by atoms with Gasteiger partial charge in [0.25, 0.3) is 5.91 Å². The summed E-state index contributed by atoms with van der Waals surface area (Å²) in [6, 6.07) is 7.32. The van der Waals surface area contributed by atoms with Gasteiger partial charge in [-0.1, -0.05) is 24.3 Å². The second-order valence-corrected chi connectivity index (χ2v) is 5.86. The fraction of sp³-hybridized carbons (Fsp3) is 0.467. The minimum absolute atomic E-state index is 0.192. The van der Waals surface area contributed by atoms with Crippen LogP contribution in [0.5, 0.6) is 0 Å². The molecule has 1 fully saturated rings. The number of benzene rings is 1. The minimum Gasteiger partial charge on any atom is -0.375 e. The van der Waals surface area contributed by atoms with E-state index in [1.807, 2.05) is 24.3 Å². The lowest BCUT2D eigenvalue weighted by Crippen LogP contribution is -2.45. The van der Waals surface area contributed by atoms with E-state index in [1.165, 1.54) is 4.90 Å². The molecule has 1 aromatic carbocycles. The van der Waals surface area contributed by atoms with Gasteiger partial charge in [-0.2, -0.15) is 0 Å². The third kappa shape index (κ3) is 1.73. The molecule has 1 aliphatic heterocycles. The van der Waals surface area contributed by atoms with Crippen molar-refractivity contribution in [1.29, 1.82) is 0 Å². The van der Waals surface area contributed by atoms with Crippen molar-refractivity contribution in [2.45, 2.75) is 38.0 Å². The zero-order valence-corrected chi connectivity index (χ0v) is 11.8. The number of hydrogen-bond donors (Lipinski definition) is 1. The Hall–Kier alpha value is -1.88. The maximum absolute atomic E-state index is 12.4. The molecule has 3 rings (SSSR count). The molecule has 0 unspecified atom stereocenters. The van der Waals surface area contributed by atoms with Gasteiger partial charge < -0.3 is 10.1 Å². The van der Waals surface area contributed by atoms with Gasteiger partial charge in [-0.05, 0) is 31.4 Å². The van der Waals surface area contributed by atoms with Crippen LogP contribution in [-0.2, 0) is 16.0 Å². The summed E-state index contributed by atoms with van der Waals surface area (Å²) in [6.45, 7) is 3.44. The molecule has 1 saturated heterocycles. The molecule has 0 saturated carbocycles. The van der Waals surface area contributed by atoms with Gasteiger partial charge in [-0.25, -0.2) is 4.79 Å². The largest absolute Gasteiger partial charge is 0.375 e. The van der Waals surface area contributed by atoms with Crippen molar-refractivity contribution in [3.8, 4) is 0 Å². The first-order valence-electron chi connectivity index (χ1n) is 6.72. The van der Waals surface area contributed by atoms with Crippen molar-refractivity contribution >= 4 is 11.9 Å². The summed E-state index contributed by atoms with van der Waals surface area (Å²) < 4.78 is 5.55. The maximum atomic E-state index is 12.4. The Morgan fingerprint density at radius 2 is 2.00 bits per heavy atom. The zero-order valence-electron chi connectivity index (χ0n) is 11.8. The van der Waals surface area contributed by atoms with Gasteiger partial charge >= 0.3 is 6.03 Å². The highest BCUT2D eigenvalue weighted by molar-refractivity contribution is 6.07. The Bertz CT molecular complexity index is 582. The van der Waals surface area contributed by atoms with E-state index in [-0.39, 0.29) is 24.1 Å². The molecule has 1 aliphatic carbocycles. The molecule has 20 heavy (non-hydrogen) atoms. The average Bonchev–Trinajstić information content (AvgIpc) is 2.84. The zero-order chi connectivity index (χ0) is 14.5. The van der Waals surface area contributed by atoms with Gasteiger partial charge in [0, 0.05) is 7.11 Å². The second-order valence-electron chi connectivity index (χ2n) is 5.86. The Kier molecular flexibility index (Phi) is 2.83. The van der Waals surface area contributed by atoms with Gasteiger partial charge in [-0.3, -0.25) is 9.69 Å². The molecule has 2 aliphatic rings. The molecular weight excluding hydrogens is 256 g/mol. The first kappa shape index (κ1) is 13.1. The lowest BCUT2D eigenvalue weighted by molar-refractivity contribution is -0.133. The molecule has 0 radical (unpaired) electrons. The lowest BCUT2D eigenvalue weighted by atomic mass is 10.0. The Morgan fingerprint density at radius 3 is 2.60 bits per heavy atom. The molecule has 1 aromatic rings. The highest BCUT2D eigenvalue weighted by Gasteiger charge is 2.51. The number of carbonyl (C=O) groups is 2. The molecular formula is C15H18N2O3. The van der Waals surface area contributed by atoms with Gasteiger partial charge in [-0.15, -0.1) is 0 Å². The Labute approximate surface area is 117 Å². The van der Waals surface area contributed by atoms with Gasteiger partial charge in [0.1, 0.15) is 11.6 Å². The van der Waals surface area contributed by atoms with Crippen molar-refractivity contribution < 1.29 is 14.3 Å². The van der Waals surface area contributed by atoms with E-state index in [4.69, 9.17) is 4.74 Å². The summed E-state index contributed by atoms with van der Waals surface area (Å²) in [6.07, 6.45) is 0.388. The van der Waals surface area contributed by atoms with E-state index >= 15 is 0 Å². The van der Waals surface area contributed by atoms with E-state index in [9.17, 15) is 9.59 Å². The van der Waals surface area contributed by atoms with Crippen LogP contribution in [-0.4, -0.2) is 35.5 Å². The van der Waals surface area contributed by atoms with Gasteiger partial charge in [0.05, 0.1) is 6.04 Å². The SMILES string of the molecule is CO[C@H]1c2ccccc2C[C@H]1N1C(=O)NC(C)(C)C1=O. The molecule has 1 N–H and O–H groups in total. The molecule has 0 bridgehead atoms. The monoisotopic (exact) mass is 274 g/mol. The fourth-order valence-electron chi connectivity index (χ4n) is 3.12. The number of ether oxygens (including phenoxy) is 1. The lowest BCUT2D eigenvalue weighted by Gasteiger charge is -2.27.